The van der Waals surface area contributed by atoms with E-state index in [-0.39, 0.29) is 31.4 Å². The summed E-state index contributed by atoms with van der Waals surface area (Å²) in [6.45, 7) is 3.40. The molecule has 28 heavy (non-hydrogen) atoms. The quantitative estimate of drug-likeness (QED) is 0.837. The Kier molecular flexibility index (Phi) is 5.43. The molecule has 1 unspecified atom stereocenters. The van der Waals surface area contributed by atoms with Crippen LogP contribution < -0.4 is 19.7 Å². The lowest BCUT2D eigenvalue weighted by molar-refractivity contribution is -0.125. The summed E-state index contributed by atoms with van der Waals surface area (Å²) in [5.74, 6) is 1.25. The number of nitrogens with one attached hydrogen (secondary N) is 1. The molecule has 0 fully saturated rings. The zero-order valence-electron chi connectivity index (χ0n) is 15.6. The second kappa shape index (κ2) is 8.14. The van der Waals surface area contributed by atoms with Crippen LogP contribution in [0.4, 0.5) is 5.69 Å². The van der Waals surface area contributed by atoms with Crippen molar-refractivity contribution in [1.82, 2.24) is 5.32 Å². The van der Waals surface area contributed by atoms with Crippen LogP contribution in [0.25, 0.3) is 0 Å². The number of para-hydroxylation sites is 1. The van der Waals surface area contributed by atoms with E-state index in [2.05, 4.69) is 12.2 Å². The molecule has 2 aromatic rings. The van der Waals surface area contributed by atoms with Crippen LogP contribution in [0.1, 0.15) is 25.3 Å². The number of nitrogens with zero attached hydrogens (tertiary/aromatic N) is 1. The average Bonchev–Trinajstić information content (AvgIpc) is 3.17. The van der Waals surface area contributed by atoms with Gasteiger partial charge in [0, 0.05) is 36.1 Å². The van der Waals surface area contributed by atoms with Gasteiger partial charge in [-0.05, 0) is 29.8 Å². The van der Waals surface area contributed by atoms with Crippen LogP contribution in [-0.2, 0) is 16.1 Å². The van der Waals surface area contributed by atoms with Gasteiger partial charge in [0.05, 0.1) is 5.69 Å². The van der Waals surface area contributed by atoms with E-state index in [4.69, 9.17) is 9.47 Å². The third-order valence-electron chi connectivity index (χ3n) is 4.72. The van der Waals surface area contributed by atoms with Gasteiger partial charge in [-0.1, -0.05) is 25.1 Å². The number of fused-ring (bicyclic) bond motifs is 2. The van der Waals surface area contributed by atoms with Crippen LogP contribution in [0.15, 0.2) is 47.4 Å². The van der Waals surface area contributed by atoms with Gasteiger partial charge in [-0.25, -0.2) is 0 Å². The van der Waals surface area contributed by atoms with Crippen molar-refractivity contribution in [2.75, 3.05) is 18.2 Å². The molecular weight excluding hydrogens is 376 g/mol. The molecule has 2 aromatic carbocycles. The van der Waals surface area contributed by atoms with E-state index in [0.29, 0.717) is 24.1 Å². The highest BCUT2D eigenvalue weighted by molar-refractivity contribution is 8.00. The number of carbonyl (C=O) groups is 2. The molecule has 0 spiro atoms. The highest BCUT2D eigenvalue weighted by atomic mass is 32.2. The van der Waals surface area contributed by atoms with Crippen LogP contribution in [0, 0.1) is 0 Å². The number of anilines is 1. The topological polar surface area (TPSA) is 67.9 Å². The summed E-state index contributed by atoms with van der Waals surface area (Å²) in [5, 5.41) is 3.20. The molecule has 2 aliphatic heterocycles. The second-order valence-electron chi connectivity index (χ2n) is 6.86. The van der Waals surface area contributed by atoms with E-state index < -0.39 is 0 Å². The summed E-state index contributed by atoms with van der Waals surface area (Å²) in [6, 6.07) is 13.5. The molecule has 2 aliphatic rings. The maximum absolute atomic E-state index is 12.7. The second-order valence-corrected chi connectivity index (χ2v) is 8.35. The fourth-order valence-corrected chi connectivity index (χ4v) is 4.43. The Balaban J connectivity index is 1.29. The molecule has 2 heterocycles. The number of carbonyl (C=O) groups excluding carboxylic acids is 2. The molecular formula is C21H22N2O4S. The molecule has 0 bridgehead atoms. The Bertz CT molecular complexity index is 902. The van der Waals surface area contributed by atoms with E-state index in [1.807, 2.05) is 47.4 Å². The Labute approximate surface area is 168 Å². The Hall–Kier alpha value is -2.67. The third kappa shape index (κ3) is 4.09. The summed E-state index contributed by atoms with van der Waals surface area (Å²) in [5.41, 5.74) is 1.87. The van der Waals surface area contributed by atoms with Crippen molar-refractivity contribution in [3.63, 3.8) is 0 Å². The minimum absolute atomic E-state index is 0.0159. The molecule has 7 heteroatoms. The number of benzene rings is 2. The van der Waals surface area contributed by atoms with Gasteiger partial charge in [-0.15, -0.1) is 11.8 Å². The van der Waals surface area contributed by atoms with E-state index in [9.17, 15) is 9.59 Å². The number of ether oxygens (including phenoxy) is 2. The molecule has 4 rings (SSSR count). The van der Waals surface area contributed by atoms with Crippen molar-refractivity contribution >= 4 is 29.3 Å². The Morgan fingerprint density at radius 3 is 2.86 bits per heavy atom. The van der Waals surface area contributed by atoms with Gasteiger partial charge in [-0.3, -0.25) is 9.59 Å². The van der Waals surface area contributed by atoms with Crippen molar-refractivity contribution in [1.29, 1.82) is 0 Å². The molecule has 0 saturated carbocycles. The first-order valence-corrected chi connectivity index (χ1v) is 10.2. The first-order valence-electron chi connectivity index (χ1n) is 9.31. The van der Waals surface area contributed by atoms with Gasteiger partial charge in [0.15, 0.2) is 11.5 Å². The van der Waals surface area contributed by atoms with Gasteiger partial charge in [-0.2, -0.15) is 0 Å². The molecule has 1 N–H and O–H groups in total. The van der Waals surface area contributed by atoms with Crippen molar-refractivity contribution in [3.8, 4) is 11.5 Å². The number of hydrogen-bond donors (Lipinski definition) is 1. The molecule has 0 saturated heterocycles. The maximum atomic E-state index is 12.7. The highest BCUT2D eigenvalue weighted by Crippen LogP contribution is 2.38. The first-order chi connectivity index (χ1) is 13.6. The van der Waals surface area contributed by atoms with Gasteiger partial charge in [0.1, 0.15) is 0 Å². The van der Waals surface area contributed by atoms with Crippen molar-refractivity contribution in [2.24, 2.45) is 0 Å². The summed E-state index contributed by atoms with van der Waals surface area (Å²) in [4.78, 5) is 27.8. The van der Waals surface area contributed by atoms with Crippen molar-refractivity contribution in [2.45, 2.75) is 36.5 Å². The smallest absolute Gasteiger partial charge is 0.231 e. The predicted molar refractivity (Wildman–Crippen MR) is 108 cm³/mol. The predicted octanol–water partition coefficient (Wildman–Crippen LogP) is 3.34. The van der Waals surface area contributed by atoms with Crippen molar-refractivity contribution < 1.29 is 19.1 Å². The fourth-order valence-electron chi connectivity index (χ4n) is 3.32. The average molecular weight is 398 g/mol. The zero-order valence-corrected chi connectivity index (χ0v) is 16.5. The van der Waals surface area contributed by atoms with E-state index in [1.54, 1.807) is 11.8 Å². The molecule has 2 amide bonds. The number of thioether (sulfide) groups is 1. The summed E-state index contributed by atoms with van der Waals surface area (Å²) < 4.78 is 10.6. The number of rotatable bonds is 5. The standard InChI is InChI=1S/C21H22N2O4S/c1-14-12-23(16-4-2-3-5-19(16)28-14)21(25)9-8-20(24)22-11-15-6-7-17-18(10-15)27-13-26-17/h2-7,10,14H,8-9,11-13H2,1H3,(H,22,24). The largest absolute Gasteiger partial charge is 0.454 e. The molecule has 0 aromatic heterocycles. The van der Waals surface area contributed by atoms with Crippen molar-refractivity contribution in [3.05, 3.63) is 48.0 Å². The number of amides is 2. The third-order valence-corrected chi connectivity index (χ3v) is 5.87. The van der Waals surface area contributed by atoms with E-state index >= 15 is 0 Å². The molecule has 0 radical (unpaired) electrons. The summed E-state index contributed by atoms with van der Waals surface area (Å²) in [6.07, 6.45) is 0.363. The van der Waals surface area contributed by atoms with Crippen LogP contribution in [0.3, 0.4) is 0 Å². The van der Waals surface area contributed by atoms with Crippen LogP contribution in [0.5, 0.6) is 11.5 Å². The molecule has 146 valence electrons. The summed E-state index contributed by atoms with van der Waals surface area (Å²) >= 11 is 1.78. The van der Waals surface area contributed by atoms with E-state index in [0.717, 1.165) is 21.9 Å². The lowest BCUT2D eigenvalue weighted by Crippen LogP contribution is -2.39. The molecule has 6 nitrogen and oxygen atoms in total. The normalized spacial score (nSPS) is 17.2. The SMILES string of the molecule is CC1CN(C(=O)CCC(=O)NCc2ccc3c(c2)OCO3)c2ccccc2S1. The lowest BCUT2D eigenvalue weighted by Gasteiger charge is -2.32. The van der Waals surface area contributed by atoms with Crippen LogP contribution >= 0.6 is 11.8 Å². The minimum Gasteiger partial charge on any atom is -0.454 e. The maximum Gasteiger partial charge on any atom is 0.231 e. The van der Waals surface area contributed by atoms with Crippen LogP contribution in [0.2, 0.25) is 0 Å². The van der Waals surface area contributed by atoms with Gasteiger partial charge in [0.25, 0.3) is 0 Å². The summed E-state index contributed by atoms with van der Waals surface area (Å²) in [7, 11) is 0. The first kappa shape index (κ1) is 18.7. The van der Waals surface area contributed by atoms with Gasteiger partial charge < -0.3 is 19.7 Å². The van der Waals surface area contributed by atoms with E-state index in [1.165, 1.54) is 0 Å². The lowest BCUT2D eigenvalue weighted by atomic mass is 10.2. The number of hydrogen-bond acceptors (Lipinski definition) is 5. The Morgan fingerprint density at radius 1 is 1.14 bits per heavy atom. The Morgan fingerprint density at radius 2 is 1.96 bits per heavy atom. The molecule has 0 aliphatic carbocycles. The zero-order chi connectivity index (χ0) is 19.5. The minimum atomic E-state index is -0.140. The fraction of sp³-hybridized carbons (Fsp3) is 0.333. The van der Waals surface area contributed by atoms with Gasteiger partial charge >= 0.3 is 0 Å². The highest BCUT2D eigenvalue weighted by Gasteiger charge is 2.26. The van der Waals surface area contributed by atoms with Gasteiger partial charge in [0.2, 0.25) is 18.6 Å². The monoisotopic (exact) mass is 398 g/mol. The molecule has 1 atom stereocenters. The van der Waals surface area contributed by atoms with Crippen LogP contribution in [-0.4, -0.2) is 30.4 Å².